The summed E-state index contributed by atoms with van der Waals surface area (Å²) < 4.78 is 40.9. The molecule has 0 saturated heterocycles. The molecule has 0 saturated carbocycles. The third kappa shape index (κ3) is 5.03. The predicted molar refractivity (Wildman–Crippen MR) is 139 cm³/mol. The van der Waals surface area contributed by atoms with E-state index in [2.05, 4.69) is 15.4 Å². The summed E-state index contributed by atoms with van der Waals surface area (Å²) in [7, 11) is 3.44. The van der Waals surface area contributed by atoms with Crippen LogP contribution in [0.15, 0.2) is 83.8 Å². The van der Waals surface area contributed by atoms with Crippen LogP contribution in [0.3, 0.4) is 0 Å². The average Bonchev–Trinajstić information content (AvgIpc) is 3.33. The lowest BCUT2D eigenvalue weighted by atomic mass is 10.0. The lowest BCUT2D eigenvalue weighted by Crippen LogP contribution is -2.34. The number of likely N-dealkylation sites (N-methyl/N-ethyl adjacent to an activating group) is 1. The highest BCUT2D eigenvalue weighted by atomic mass is 19.4. The van der Waals surface area contributed by atoms with E-state index in [0.29, 0.717) is 11.3 Å². The van der Waals surface area contributed by atoms with Crippen molar-refractivity contribution in [2.75, 3.05) is 20.6 Å². The van der Waals surface area contributed by atoms with Crippen LogP contribution in [0, 0.1) is 0 Å². The van der Waals surface area contributed by atoms with Crippen LogP contribution in [0.1, 0.15) is 27.7 Å². The molecule has 38 heavy (non-hydrogen) atoms. The molecule has 2 heterocycles. The van der Waals surface area contributed by atoms with Crippen LogP contribution in [0.25, 0.3) is 27.5 Å². The van der Waals surface area contributed by atoms with Gasteiger partial charge in [-0.2, -0.15) is 18.3 Å². The molecular formula is C28H24F3N5O2. The summed E-state index contributed by atoms with van der Waals surface area (Å²) in [6.07, 6.45) is -2.83. The maximum atomic E-state index is 13.2. The van der Waals surface area contributed by atoms with Gasteiger partial charge in [-0.3, -0.25) is 9.59 Å². The number of hydrogen-bond acceptors (Lipinski definition) is 4. The SMILES string of the molecule is CN(C)C(CNC(=O)c1cc2c(=O)[nH]c(-c3ccc4ccccc4c3)cn2n1)c1cccc(C(F)(F)F)c1. The summed E-state index contributed by atoms with van der Waals surface area (Å²) >= 11 is 0. The van der Waals surface area contributed by atoms with Gasteiger partial charge in [-0.05, 0) is 48.6 Å². The Labute approximate surface area is 215 Å². The van der Waals surface area contributed by atoms with Gasteiger partial charge in [0.05, 0.1) is 23.5 Å². The molecule has 2 N–H and O–H groups in total. The number of aromatic nitrogens is 3. The van der Waals surface area contributed by atoms with Gasteiger partial charge in [0, 0.05) is 18.2 Å². The zero-order valence-corrected chi connectivity index (χ0v) is 20.6. The Balaban J connectivity index is 1.38. The Kier molecular flexibility index (Phi) is 6.50. The zero-order chi connectivity index (χ0) is 27.0. The van der Waals surface area contributed by atoms with Gasteiger partial charge in [-0.25, -0.2) is 4.52 Å². The van der Waals surface area contributed by atoms with Gasteiger partial charge in [0.1, 0.15) is 5.52 Å². The second kappa shape index (κ2) is 9.79. The highest BCUT2D eigenvalue weighted by Crippen LogP contribution is 2.31. The Morgan fingerprint density at radius 1 is 1.03 bits per heavy atom. The van der Waals surface area contributed by atoms with Crippen LogP contribution in [0.5, 0.6) is 0 Å². The van der Waals surface area contributed by atoms with E-state index in [4.69, 9.17) is 0 Å². The quantitative estimate of drug-likeness (QED) is 0.335. The van der Waals surface area contributed by atoms with Gasteiger partial charge >= 0.3 is 6.18 Å². The summed E-state index contributed by atoms with van der Waals surface area (Å²) in [5.74, 6) is -0.542. The van der Waals surface area contributed by atoms with E-state index in [1.807, 2.05) is 42.5 Å². The number of nitrogens with zero attached hydrogens (tertiary/aromatic N) is 3. The van der Waals surface area contributed by atoms with Crippen molar-refractivity contribution in [3.63, 3.8) is 0 Å². The predicted octanol–water partition coefficient (Wildman–Crippen LogP) is 4.89. The molecule has 0 fully saturated rings. The number of carbonyl (C=O) groups excluding carboxylic acids is 1. The van der Waals surface area contributed by atoms with E-state index >= 15 is 0 Å². The van der Waals surface area contributed by atoms with Crippen LogP contribution in [0.4, 0.5) is 13.2 Å². The second-order valence-electron chi connectivity index (χ2n) is 9.23. The molecule has 0 bridgehead atoms. The number of nitrogens with one attached hydrogen (secondary N) is 2. The van der Waals surface area contributed by atoms with Gasteiger partial charge in [-0.15, -0.1) is 0 Å². The van der Waals surface area contributed by atoms with Crippen molar-refractivity contribution in [1.29, 1.82) is 0 Å². The van der Waals surface area contributed by atoms with Crippen molar-refractivity contribution in [2.24, 2.45) is 0 Å². The molecule has 0 radical (unpaired) electrons. The summed E-state index contributed by atoms with van der Waals surface area (Å²) in [5, 5.41) is 9.10. The van der Waals surface area contributed by atoms with Crippen molar-refractivity contribution in [2.45, 2.75) is 12.2 Å². The molecule has 1 atom stereocenters. The van der Waals surface area contributed by atoms with Crippen molar-refractivity contribution in [3.8, 4) is 11.3 Å². The number of benzene rings is 3. The molecule has 1 unspecified atom stereocenters. The largest absolute Gasteiger partial charge is 0.416 e. The van der Waals surface area contributed by atoms with Gasteiger partial charge in [0.15, 0.2) is 5.69 Å². The van der Waals surface area contributed by atoms with E-state index in [1.54, 1.807) is 31.3 Å². The summed E-state index contributed by atoms with van der Waals surface area (Å²) in [4.78, 5) is 30.3. The molecule has 10 heteroatoms. The maximum Gasteiger partial charge on any atom is 0.416 e. The molecule has 1 amide bonds. The average molecular weight is 520 g/mol. The minimum atomic E-state index is -4.47. The van der Waals surface area contributed by atoms with Crippen LogP contribution in [-0.2, 0) is 6.18 Å². The number of alkyl halides is 3. The minimum Gasteiger partial charge on any atom is -0.349 e. The zero-order valence-electron chi connectivity index (χ0n) is 20.6. The van der Waals surface area contributed by atoms with Crippen LogP contribution in [0.2, 0.25) is 0 Å². The molecule has 7 nitrogen and oxygen atoms in total. The smallest absolute Gasteiger partial charge is 0.349 e. The first kappa shape index (κ1) is 25.2. The van der Waals surface area contributed by atoms with Gasteiger partial charge in [0.2, 0.25) is 0 Å². The molecule has 0 spiro atoms. The monoisotopic (exact) mass is 519 g/mol. The molecule has 194 valence electrons. The number of H-pyrrole nitrogens is 1. The number of aromatic amines is 1. The fraction of sp³-hybridized carbons (Fsp3) is 0.179. The first-order valence-electron chi connectivity index (χ1n) is 11.8. The summed E-state index contributed by atoms with van der Waals surface area (Å²) in [5.41, 5.74) is 0.804. The Morgan fingerprint density at radius 2 is 1.79 bits per heavy atom. The number of halogens is 3. The fourth-order valence-electron chi connectivity index (χ4n) is 4.42. The third-order valence-electron chi connectivity index (χ3n) is 6.44. The van der Waals surface area contributed by atoms with Crippen molar-refractivity contribution in [1.82, 2.24) is 24.8 Å². The third-order valence-corrected chi connectivity index (χ3v) is 6.44. The highest BCUT2D eigenvalue weighted by Gasteiger charge is 2.31. The van der Waals surface area contributed by atoms with Crippen LogP contribution < -0.4 is 10.9 Å². The Hall–Kier alpha value is -4.44. The summed E-state index contributed by atoms with van der Waals surface area (Å²) in [6.45, 7) is 0.0414. The van der Waals surface area contributed by atoms with Crippen molar-refractivity contribution >= 4 is 22.2 Å². The molecule has 5 rings (SSSR count). The topological polar surface area (TPSA) is 82.5 Å². The molecule has 5 aromatic rings. The Morgan fingerprint density at radius 3 is 2.53 bits per heavy atom. The lowest BCUT2D eigenvalue weighted by molar-refractivity contribution is -0.137. The number of hydrogen-bond donors (Lipinski definition) is 2. The van der Waals surface area contributed by atoms with Crippen LogP contribution in [-0.4, -0.2) is 46.0 Å². The van der Waals surface area contributed by atoms with E-state index in [9.17, 15) is 22.8 Å². The minimum absolute atomic E-state index is 0.0210. The number of carbonyl (C=O) groups is 1. The highest BCUT2D eigenvalue weighted by molar-refractivity contribution is 5.93. The number of rotatable bonds is 6. The molecule has 3 aromatic carbocycles. The molecule has 0 aliphatic carbocycles. The van der Waals surface area contributed by atoms with Crippen LogP contribution >= 0.6 is 0 Å². The van der Waals surface area contributed by atoms with Crippen molar-refractivity contribution < 1.29 is 18.0 Å². The Bertz CT molecular complexity index is 1700. The van der Waals surface area contributed by atoms with E-state index in [-0.39, 0.29) is 17.8 Å². The molecular weight excluding hydrogens is 495 g/mol. The fourth-order valence-corrected chi connectivity index (χ4v) is 4.42. The van der Waals surface area contributed by atoms with Crippen molar-refractivity contribution in [3.05, 3.63) is 106 Å². The summed E-state index contributed by atoms with van der Waals surface area (Å²) in [6, 6.07) is 19.6. The first-order chi connectivity index (χ1) is 18.1. The molecule has 0 aliphatic rings. The normalized spacial score (nSPS) is 12.8. The standard InChI is InChI=1S/C28H24F3N5O2/c1-35(2)25(20-8-5-9-21(13-20)28(29,30)31)15-32-26(37)22-14-24-27(38)33-23(16-36(24)34-22)19-11-10-17-6-3-4-7-18(17)12-19/h3-14,16,25H,15H2,1-2H3,(H,32,37)(H,33,38). The van der Waals surface area contributed by atoms with Gasteiger partial charge in [-0.1, -0.05) is 48.5 Å². The van der Waals surface area contributed by atoms with Gasteiger partial charge in [0.25, 0.3) is 11.5 Å². The lowest BCUT2D eigenvalue weighted by Gasteiger charge is -2.25. The second-order valence-corrected chi connectivity index (χ2v) is 9.23. The maximum absolute atomic E-state index is 13.2. The molecule has 2 aromatic heterocycles. The number of fused-ring (bicyclic) bond motifs is 2. The van der Waals surface area contributed by atoms with E-state index < -0.39 is 29.2 Å². The van der Waals surface area contributed by atoms with Gasteiger partial charge < -0.3 is 15.2 Å². The van der Waals surface area contributed by atoms with E-state index in [0.717, 1.165) is 28.5 Å². The number of amides is 1. The first-order valence-corrected chi connectivity index (χ1v) is 11.8. The molecule has 0 aliphatic heterocycles. The van der Waals surface area contributed by atoms with E-state index in [1.165, 1.54) is 16.6 Å².